The van der Waals surface area contributed by atoms with E-state index in [1.165, 1.54) is 11.3 Å². The lowest BCUT2D eigenvalue weighted by molar-refractivity contribution is -0.121. The smallest absolute Gasteiger partial charge is 0.242 e. The van der Waals surface area contributed by atoms with Crippen LogP contribution in [-0.2, 0) is 4.79 Å². The molecular weight excluding hydrogens is 294 g/mol. The van der Waals surface area contributed by atoms with Crippen molar-refractivity contribution in [2.24, 2.45) is 5.92 Å². The van der Waals surface area contributed by atoms with Gasteiger partial charge in [0.05, 0.1) is 10.2 Å². The Morgan fingerprint density at radius 2 is 2.15 bits per heavy atom. The summed E-state index contributed by atoms with van der Waals surface area (Å²) in [4.78, 5) is 16.3. The molecule has 0 spiro atoms. The summed E-state index contributed by atoms with van der Waals surface area (Å²) in [5.41, 5.74) is 0.847. The molecule has 1 atom stereocenters. The number of benzene rings is 1. The predicted octanol–water partition coefficient (Wildman–Crippen LogP) is 3.52. The Hall–Kier alpha value is -1.33. The van der Waals surface area contributed by atoms with Crippen molar-refractivity contribution in [3.05, 3.63) is 23.2 Å². The first-order valence-corrected chi connectivity index (χ1v) is 7.75. The Balaban J connectivity index is 2.02. The van der Waals surface area contributed by atoms with Gasteiger partial charge in [0, 0.05) is 11.6 Å². The van der Waals surface area contributed by atoms with Crippen LogP contribution in [0.15, 0.2) is 18.2 Å². The lowest BCUT2D eigenvalue weighted by Crippen LogP contribution is -2.39. The van der Waals surface area contributed by atoms with Crippen LogP contribution in [-0.4, -0.2) is 23.5 Å². The Morgan fingerprint density at radius 3 is 2.85 bits per heavy atom. The molecule has 20 heavy (non-hydrogen) atoms. The lowest BCUT2D eigenvalue weighted by Gasteiger charge is -2.14. The predicted molar refractivity (Wildman–Crippen MR) is 85.6 cm³/mol. The molecule has 2 rings (SSSR count). The number of fused-ring (bicyclic) bond motifs is 1. The SMILES string of the molecule is CC(C)CNC(=O)C(C)Nc1nc2cc(Cl)ccc2s1. The molecule has 1 aromatic carbocycles. The molecule has 0 bridgehead atoms. The number of hydrogen-bond donors (Lipinski definition) is 2. The van der Waals surface area contributed by atoms with Gasteiger partial charge < -0.3 is 10.6 Å². The van der Waals surface area contributed by atoms with Gasteiger partial charge in [-0.2, -0.15) is 0 Å². The minimum atomic E-state index is -0.315. The van der Waals surface area contributed by atoms with Gasteiger partial charge in [-0.3, -0.25) is 4.79 Å². The van der Waals surface area contributed by atoms with Crippen LogP contribution in [0.4, 0.5) is 5.13 Å². The number of aromatic nitrogens is 1. The molecule has 0 aliphatic heterocycles. The average Bonchev–Trinajstić information content (AvgIpc) is 2.76. The van der Waals surface area contributed by atoms with Gasteiger partial charge >= 0.3 is 0 Å². The van der Waals surface area contributed by atoms with E-state index >= 15 is 0 Å². The Labute approximate surface area is 127 Å². The molecule has 1 unspecified atom stereocenters. The molecule has 2 aromatic rings. The highest BCUT2D eigenvalue weighted by Crippen LogP contribution is 2.28. The van der Waals surface area contributed by atoms with Crippen LogP contribution in [0.2, 0.25) is 5.02 Å². The largest absolute Gasteiger partial charge is 0.354 e. The summed E-state index contributed by atoms with van der Waals surface area (Å²) in [6, 6.07) is 5.28. The van der Waals surface area contributed by atoms with Crippen molar-refractivity contribution in [2.75, 3.05) is 11.9 Å². The van der Waals surface area contributed by atoms with E-state index in [0.717, 1.165) is 15.3 Å². The van der Waals surface area contributed by atoms with E-state index < -0.39 is 0 Å². The van der Waals surface area contributed by atoms with Crippen molar-refractivity contribution in [1.29, 1.82) is 0 Å². The number of hydrogen-bond acceptors (Lipinski definition) is 4. The van der Waals surface area contributed by atoms with E-state index in [-0.39, 0.29) is 11.9 Å². The second-order valence-corrected chi connectivity index (χ2v) is 6.60. The first kappa shape index (κ1) is 15.1. The van der Waals surface area contributed by atoms with Crippen molar-refractivity contribution in [1.82, 2.24) is 10.3 Å². The number of carbonyl (C=O) groups is 1. The summed E-state index contributed by atoms with van der Waals surface area (Å²) < 4.78 is 1.05. The molecule has 4 nitrogen and oxygen atoms in total. The molecule has 0 saturated heterocycles. The second-order valence-electron chi connectivity index (χ2n) is 5.14. The fourth-order valence-electron chi connectivity index (χ4n) is 1.67. The van der Waals surface area contributed by atoms with Crippen molar-refractivity contribution < 1.29 is 4.79 Å². The summed E-state index contributed by atoms with van der Waals surface area (Å²) in [5.74, 6) is 0.423. The molecule has 0 fully saturated rings. The van der Waals surface area contributed by atoms with Crippen molar-refractivity contribution in [3.8, 4) is 0 Å². The van der Waals surface area contributed by atoms with Crippen LogP contribution in [0.5, 0.6) is 0 Å². The van der Waals surface area contributed by atoms with E-state index in [1.54, 1.807) is 0 Å². The van der Waals surface area contributed by atoms with Gasteiger partial charge in [0.25, 0.3) is 0 Å². The van der Waals surface area contributed by atoms with Crippen LogP contribution >= 0.6 is 22.9 Å². The monoisotopic (exact) mass is 311 g/mol. The zero-order chi connectivity index (χ0) is 14.7. The highest BCUT2D eigenvalue weighted by molar-refractivity contribution is 7.22. The van der Waals surface area contributed by atoms with Crippen LogP contribution in [0, 0.1) is 5.92 Å². The number of thiazole rings is 1. The summed E-state index contributed by atoms with van der Waals surface area (Å²) in [5, 5.41) is 7.42. The highest BCUT2D eigenvalue weighted by Gasteiger charge is 2.14. The standard InChI is InChI=1S/C14H18ClN3OS/c1-8(2)7-16-13(19)9(3)17-14-18-11-6-10(15)4-5-12(11)20-14/h4-6,8-9H,7H2,1-3H3,(H,16,19)(H,17,18). The number of carbonyl (C=O) groups excluding carboxylic acids is 1. The summed E-state index contributed by atoms with van der Waals surface area (Å²) in [6.07, 6.45) is 0. The quantitative estimate of drug-likeness (QED) is 0.888. The van der Waals surface area contributed by atoms with Gasteiger partial charge in [0.15, 0.2) is 5.13 Å². The average molecular weight is 312 g/mol. The number of nitrogens with zero attached hydrogens (tertiary/aromatic N) is 1. The molecule has 1 aromatic heterocycles. The van der Waals surface area contributed by atoms with Crippen molar-refractivity contribution in [2.45, 2.75) is 26.8 Å². The zero-order valence-corrected chi connectivity index (χ0v) is 13.3. The Bertz CT molecular complexity index is 611. The van der Waals surface area contributed by atoms with E-state index in [9.17, 15) is 4.79 Å². The molecule has 108 valence electrons. The molecule has 2 N–H and O–H groups in total. The maximum atomic E-state index is 11.9. The highest BCUT2D eigenvalue weighted by atomic mass is 35.5. The van der Waals surface area contributed by atoms with E-state index in [0.29, 0.717) is 17.5 Å². The normalized spacial score (nSPS) is 12.7. The van der Waals surface area contributed by atoms with Gasteiger partial charge in [-0.05, 0) is 31.0 Å². The minimum absolute atomic E-state index is 0.0176. The van der Waals surface area contributed by atoms with Gasteiger partial charge in [0.1, 0.15) is 6.04 Å². The Morgan fingerprint density at radius 1 is 1.40 bits per heavy atom. The summed E-state index contributed by atoms with van der Waals surface area (Å²) in [7, 11) is 0. The number of nitrogens with one attached hydrogen (secondary N) is 2. The lowest BCUT2D eigenvalue weighted by atomic mass is 10.2. The van der Waals surface area contributed by atoms with Gasteiger partial charge in [-0.25, -0.2) is 4.98 Å². The van der Waals surface area contributed by atoms with Crippen molar-refractivity contribution >= 4 is 44.2 Å². The molecule has 0 aliphatic carbocycles. The van der Waals surface area contributed by atoms with Gasteiger partial charge in [0.2, 0.25) is 5.91 Å². The maximum Gasteiger partial charge on any atom is 0.242 e. The van der Waals surface area contributed by atoms with Crippen LogP contribution in [0.25, 0.3) is 10.2 Å². The van der Waals surface area contributed by atoms with E-state index in [4.69, 9.17) is 11.6 Å². The van der Waals surface area contributed by atoms with Gasteiger partial charge in [-0.1, -0.05) is 36.8 Å². The summed E-state index contributed by atoms with van der Waals surface area (Å²) >= 11 is 7.45. The molecule has 0 aliphatic rings. The van der Waals surface area contributed by atoms with Gasteiger partial charge in [-0.15, -0.1) is 0 Å². The number of rotatable bonds is 5. The second kappa shape index (κ2) is 6.41. The van der Waals surface area contributed by atoms with Crippen LogP contribution < -0.4 is 10.6 Å². The number of amides is 1. The first-order valence-electron chi connectivity index (χ1n) is 6.56. The van der Waals surface area contributed by atoms with Crippen LogP contribution in [0.1, 0.15) is 20.8 Å². The third-order valence-corrected chi connectivity index (χ3v) is 3.97. The molecule has 1 amide bonds. The van der Waals surface area contributed by atoms with E-state index in [2.05, 4.69) is 29.5 Å². The zero-order valence-electron chi connectivity index (χ0n) is 11.7. The number of halogens is 1. The minimum Gasteiger partial charge on any atom is -0.354 e. The fourth-order valence-corrected chi connectivity index (χ4v) is 2.77. The molecular formula is C14H18ClN3OS. The van der Waals surface area contributed by atoms with E-state index in [1.807, 2.05) is 25.1 Å². The third-order valence-electron chi connectivity index (χ3n) is 2.77. The molecule has 0 saturated carbocycles. The molecule has 1 heterocycles. The fraction of sp³-hybridized carbons (Fsp3) is 0.429. The van der Waals surface area contributed by atoms with Crippen molar-refractivity contribution in [3.63, 3.8) is 0 Å². The van der Waals surface area contributed by atoms with Crippen LogP contribution in [0.3, 0.4) is 0 Å². The molecule has 0 radical (unpaired) electrons. The number of anilines is 1. The first-order chi connectivity index (χ1) is 9.45. The summed E-state index contributed by atoms with van der Waals surface area (Å²) in [6.45, 7) is 6.64. The molecule has 6 heteroatoms. The third kappa shape index (κ3) is 3.84. The Kier molecular flexibility index (Phi) is 4.83. The maximum absolute atomic E-state index is 11.9. The topological polar surface area (TPSA) is 54.0 Å².